The molecule has 7 nitrogen and oxygen atoms in total. The SMILES string of the molecule is O=C(CSc1ncn(-c2ccccc2)n1)N1CCC[C@@H]1c1ccc2c(c1)OCCCO2. The highest BCUT2D eigenvalue weighted by Crippen LogP contribution is 2.38. The summed E-state index contributed by atoms with van der Waals surface area (Å²) in [4.78, 5) is 19.3. The molecule has 2 aliphatic heterocycles. The average Bonchev–Trinajstić information content (AvgIpc) is 3.43. The van der Waals surface area contributed by atoms with Crippen LogP contribution in [0, 0.1) is 0 Å². The molecule has 0 saturated carbocycles. The van der Waals surface area contributed by atoms with Gasteiger partial charge in [0.05, 0.1) is 30.7 Å². The molecule has 3 heterocycles. The largest absolute Gasteiger partial charge is 0.490 e. The number of fused-ring (bicyclic) bond motifs is 1. The lowest BCUT2D eigenvalue weighted by atomic mass is 10.0. The molecule has 0 spiro atoms. The number of ether oxygens (including phenoxy) is 2. The fourth-order valence-corrected chi connectivity index (χ4v) is 4.71. The number of carbonyl (C=O) groups excluding carboxylic acids is 1. The lowest BCUT2D eigenvalue weighted by Gasteiger charge is -2.25. The van der Waals surface area contributed by atoms with Gasteiger partial charge in [-0.3, -0.25) is 4.79 Å². The van der Waals surface area contributed by atoms with Crippen LogP contribution in [0.2, 0.25) is 0 Å². The third-order valence-electron chi connectivity index (χ3n) is 5.55. The molecule has 1 aromatic heterocycles. The van der Waals surface area contributed by atoms with Gasteiger partial charge in [-0.25, -0.2) is 9.67 Å². The number of thioether (sulfide) groups is 1. The van der Waals surface area contributed by atoms with Crippen LogP contribution < -0.4 is 9.47 Å². The van der Waals surface area contributed by atoms with Gasteiger partial charge in [-0.05, 0) is 42.7 Å². The van der Waals surface area contributed by atoms with Crippen LogP contribution in [-0.4, -0.2) is 51.1 Å². The predicted molar refractivity (Wildman–Crippen MR) is 118 cm³/mol. The summed E-state index contributed by atoms with van der Waals surface area (Å²) in [6.45, 7) is 2.10. The Kier molecular flexibility index (Phi) is 5.80. The van der Waals surface area contributed by atoms with Crippen LogP contribution >= 0.6 is 11.8 Å². The molecule has 5 rings (SSSR count). The molecule has 2 aromatic carbocycles. The number of aromatic nitrogens is 3. The third kappa shape index (κ3) is 4.39. The van der Waals surface area contributed by atoms with Crippen LogP contribution in [0.25, 0.3) is 5.69 Å². The van der Waals surface area contributed by atoms with Crippen molar-refractivity contribution in [1.29, 1.82) is 0 Å². The summed E-state index contributed by atoms with van der Waals surface area (Å²) >= 11 is 1.37. The van der Waals surface area contributed by atoms with Crippen LogP contribution in [0.1, 0.15) is 30.9 Å². The van der Waals surface area contributed by atoms with Gasteiger partial charge in [-0.1, -0.05) is 36.0 Å². The molecular weight excluding hydrogens is 412 g/mol. The maximum atomic E-state index is 13.0. The molecule has 0 unspecified atom stereocenters. The van der Waals surface area contributed by atoms with Crippen molar-refractivity contribution in [2.45, 2.75) is 30.5 Å². The van der Waals surface area contributed by atoms with E-state index >= 15 is 0 Å². The van der Waals surface area contributed by atoms with Gasteiger partial charge in [0.25, 0.3) is 0 Å². The minimum Gasteiger partial charge on any atom is -0.490 e. The van der Waals surface area contributed by atoms with Gasteiger partial charge in [0, 0.05) is 13.0 Å². The molecule has 1 atom stereocenters. The van der Waals surface area contributed by atoms with E-state index in [0.29, 0.717) is 24.1 Å². The molecule has 0 radical (unpaired) electrons. The highest BCUT2D eigenvalue weighted by Gasteiger charge is 2.30. The monoisotopic (exact) mass is 436 g/mol. The minimum absolute atomic E-state index is 0.0695. The van der Waals surface area contributed by atoms with E-state index in [4.69, 9.17) is 9.47 Å². The number of likely N-dealkylation sites (tertiary alicyclic amines) is 1. The van der Waals surface area contributed by atoms with Crippen molar-refractivity contribution in [1.82, 2.24) is 19.7 Å². The predicted octanol–water partition coefficient (Wildman–Crippen LogP) is 3.88. The lowest BCUT2D eigenvalue weighted by Crippen LogP contribution is -2.32. The van der Waals surface area contributed by atoms with Crippen LogP contribution in [0.4, 0.5) is 0 Å². The van der Waals surface area contributed by atoms with Crippen LogP contribution in [0.3, 0.4) is 0 Å². The van der Waals surface area contributed by atoms with Crippen molar-refractivity contribution in [2.24, 2.45) is 0 Å². The standard InChI is InChI=1S/C23H24N4O3S/c28-22(15-31-23-24-16-27(25-23)18-6-2-1-3-7-18)26-11-4-8-19(26)17-9-10-20-21(14-17)30-13-5-12-29-20/h1-3,6-7,9-10,14,16,19H,4-5,8,11-13,15H2/t19-/m1/s1. The zero-order valence-corrected chi connectivity index (χ0v) is 18.0. The van der Waals surface area contributed by atoms with E-state index < -0.39 is 0 Å². The Bertz CT molecular complexity index is 1060. The second-order valence-electron chi connectivity index (χ2n) is 7.60. The fourth-order valence-electron chi connectivity index (χ4n) is 4.03. The molecule has 0 bridgehead atoms. The highest BCUT2D eigenvalue weighted by atomic mass is 32.2. The van der Waals surface area contributed by atoms with E-state index in [1.807, 2.05) is 47.4 Å². The summed E-state index contributed by atoms with van der Waals surface area (Å²) in [6, 6.07) is 15.9. The summed E-state index contributed by atoms with van der Waals surface area (Å²) in [5, 5.41) is 5.08. The highest BCUT2D eigenvalue weighted by molar-refractivity contribution is 7.99. The van der Waals surface area contributed by atoms with E-state index in [9.17, 15) is 4.79 Å². The van der Waals surface area contributed by atoms with Crippen LogP contribution in [0.15, 0.2) is 60.0 Å². The average molecular weight is 437 g/mol. The second kappa shape index (κ2) is 9.01. The summed E-state index contributed by atoms with van der Waals surface area (Å²) in [5.74, 6) is 1.99. The lowest BCUT2D eigenvalue weighted by molar-refractivity contribution is -0.129. The molecule has 0 aliphatic carbocycles. The van der Waals surface area contributed by atoms with Crippen molar-refractivity contribution in [3.63, 3.8) is 0 Å². The van der Waals surface area contributed by atoms with Crippen molar-refractivity contribution in [2.75, 3.05) is 25.5 Å². The van der Waals surface area contributed by atoms with Crippen molar-refractivity contribution >= 4 is 17.7 Å². The Labute approximate surface area is 185 Å². The molecule has 31 heavy (non-hydrogen) atoms. The second-order valence-corrected chi connectivity index (χ2v) is 8.54. The maximum absolute atomic E-state index is 13.0. The molecular formula is C23H24N4O3S. The first-order valence-electron chi connectivity index (χ1n) is 10.6. The Morgan fingerprint density at radius 1 is 1.06 bits per heavy atom. The Morgan fingerprint density at radius 2 is 1.90 bits per heavy atom. The normalized spacial score (nSPS) is 18.1. The van der Waals surface area contributed by atoms with E-state index in [1.54, 1.807) is 11.0 Å². The smallest absolute Gasteiger partial charge is 0.233 e. The number of hydrogen-bond acceptors (Lipinski definition) is 6. The zero-order chi connectivity index (χ0) is 21.0. The molecule has 8 heteroatoms. The Hall–Kier alpha value is -3.00. The quantitative estimate of drug-likeness (QED) is 0.566. The number of amides is 1. The first kappa shape index (κ1) is 19.9. The zero-order valence-electron chi connectivity index (χ0n) is 17.1. The number of nitrogens with zero attached hydrogens (tertiary/aromatic N) is 4. The molecule has 1 saturated heterocycles. The third-order valence-corrected chi connectivity index (χ3v) is 6.38. The van der Waals surface area contributed by atoms with Gasteiger partial charge >= 0.3 is 0 Å². The summed E-state index contributed by atoms with van der Waals surface area (Å²) in [6.07, 6.45) is 4.51. The number of benzene rings is 2. The molecule has 3 aromatic rings. The minimum atomic E-state index is 0.0695. The van der Waals surface area contributed by atoms with Gasteiger partial charge in [-0.15, -0.1) is 5.10 Å². The van der Waals surface area contributed by atoms with E-state index in [0.717, 1.165) is 48.6 Å². The van der Waals surface area contributed by atoms with Gasteiger partial charge in [-0.2, -0.15) is 0 Å². The topological polar surface area (TPSA) is 69.5 Å². The van der Waals surface area contributed by atoms with Crippen molar-refractivity contribution in [3.8, 4) is 17.2 Å². The van der Waals surface area contributed by atoms with Crippen molar-refractivity contribution < 1.29 is 14.3 Å². The van der Waals surface area contributed by atoms with E-state index in [1.165, 1.54) is 11.8 Å². The number of rotatable bonds is 5. The summed E-state index contributed by atoms with van der Waals surface area (Å²) in [7, 11) is 0. The molecule has 2 aliphatic rings. The molecule has 1 amide bonds. The molecule has 160 valence electrons. The van der Waals surface area contributed by atoms with Crippen LogP contribution in [0.5, 0.6) is 11.5 Å². The van der Waals surface area contributed by atoms with Gasteiger partial charge in [0.2, 0.25) is 11.1 Å². The number of hydrogen-bond donors (Lipinski definition) is 0. The Morgan fingerprint density at radius 3 is 2.77 bits per heavy atom. The first-order valence-corrected chi connectivity index (χ1v) is 11.6. The fraction of sp³-hybridized carbons (Fsp3) is 0.348. The van der Waals surface area contributed by atoms with E-state index in [-0.39, 0.29) is 11.9 Å². The van der Waals surface area contributed by atoms with Gasteiger partial charge < -0.3 is 14.4 Å². The maximum Gasteiger partial charge on any atom is 0.233 e. The van der Waals surface area contributed by atoms with E-state index in [2.05, 4.69) is 16.1 Å². The van der Waals surface area contributed by atoms with Gasteiger partial charge in [0.1, 0.15) is 6.33 Å². The van der Waals surface area contributed by atoms with Crippen molar-refractivity contribution in [3.05, 3.63) is 60.4 Å². The molecule has 1 fully saturated rings. The molecule has 0 N–H and O–H groups in total. The summed E-state index contributed by atoms with van der Waals surface area (Å²) < 4.78 is 13.3. The van der Waals surface area contributed by atoms with Crippen LogP contribution in [-0.2, 0) is 4.79 Å². The number of carbonyl (C=O) groups is 1. The van der Waals surface area contributed by atoms with Gasteiger partial charge in [0.15, 0.2) is 11.5 Å². The Balaban J connectivity index is 1.24. The number of para-hydroxylation sites is 1. The summed E-state index contributed by atoms with van der Waals surface area (Å²) in [5.41, 5.74) is 2.05. The first-order chi connectivity index (χ1) is 15.3.